The van der Waals surface area contributed by atoms with Crippen LogP contribution in [0.4, 0.5) is 5.69 Å². The Bertz CT molecular complexity index is 706. The molecule has 7 nitrogen and oxygen atoms in total. The topological polar surface area (TPSA) is 77.4 Å². The summed E-state index contributed by atoms with van der Waals surface area (Å²) >= 11 is 1.43. The van der Waals surface area contributed by atoms with Crippen molar-refractivity contribution in [3.05, 3.63) is 24.3 Å². The third-order valence-corrected chi connectivity index (χ3v) is 5.39. The van der Waals surface area contributed by atoms with Crippen LogP contribution in [0.3, 0.4) is 0 Å². The van der Waals surface area contributed by atoms with Crippen LogP contribution in [-0.4, -0.2) is 48.3 Å². The van der Waals surface area contributed by atoms with Crippen LogP contribution >= 0.6 is 11.8 Å². The van der Waals surface area contributed by atoms with E-state index in [1.54, 1.807) is 12.0 Å². The van der Waals surface area contributed by atoms with Crippen molar-refractivity contribution in [1.29, 1.82) is 0 Å². The third-order valence-electron chi connectivity index (χ3n) is 4.23. The van der Waals surface area contributed by atoms with Crippen LogP contribution in [0.1, 0.15) is 26.7 Å². The molecule has 0 unspecified atom stereocenters. The van der Waals surface area contributed by atoms with Gasteiger partial charge in [-0.15, -0.1) is 0 Å². The van der Waals surface area contributed by atoms with Gasteiger partial charge >= 0.3 is 5.97 Å². The summed E-state index contributed by atoms with van der Waals surface area (Å²) in [5, 5.41) is 0.630. The molecule has 0 spiro atoms. The quantitative estimate of drug-likeness (QED) is 0.750. The fraction of sp³-hybridized carbons (Fsp3) is 0.500. The molecule has 2 aliphatic heterocycles. The number of amidine groups is 1. The van der Waals surface area contributed by atoms with E-state index >= 15 is 0 Å². The maximum absolute atomic E-state index is 12.2. The minimum atomic E-state index is -0.311. The third kappa shape index (κ3) is 4.19. The molecular weight excluding hydrogens is 356 g/mol. The number of benzene rings is 1. The first-order valence-electron chi connectivity index (χ1n) is 8.46. The summed E-state index contributed by atoms with van der Waals surface area (Å²) in [6.45, 7) is 3.15. The zero-order valence-electron chi connectivity index (χ0n) is 15.0. The molecular formula is C18H22N2O5S. The fourth-order valence-electron chi connectivity index (χ4n) is 2.95. The maximum Gasteiger partial charge on any atom is 0.302 e. The minimum absolute atomic E-state index is 0.00340. The number of rotatable bonds is 4. The van der Waals surface area contributed by atoms with Gasteiger partial charge in [-0.2, -0.15) is 0 Å². The molecule has 0 N–H and O–H groups in total. The number of ether oxygens (including phenoxy) is 3. The average molecular weight is 378 g/mol. The number of methoxy groups -OCH3 is 1. The van der Waals surface area contributed by atoms with Crippen molar-refractivity contribution in [1.82, 2.24) is 0 Å². The second-order valence-corrected chi connectivity index (χ2v) is 7.22. The van der Waals surface area contributed by atoms with Gasteiger partial charge in [0, 0.05) is 13.8 Å². The van der Waals surface area contributed by atoms with Crippen molar-refractivity contribution in [2.24, 2.45) is 4.99 Å². The lowest BCUT2D eigenvalue weighted by Crippen LogP contribution is -2.36. The van der Waals surface area contributed by atoms with E-state index in [9.17, 15) is 9.59 Å². The Morgan fingerprint density at radius 1 is 1.27 bits per heavy atom. The normalized spacial score (nSPS) is 24.4. The van der Waals surface area contributed by atoms with E-state index in [1.807, 2.05) is 24.3 Å². The zero-order valence-corrected chi connectivity index (χ0v) is 15.8. The number of aliphatic imine (C=N–C) groups is 1. The molecule has 26 heavy (non-hydrogen) atoms. The van der Waals surface area contributed by atoms with Crippen LogP contribution in [0.25, 0.3) is 0 Å². The van der Waals surface area contributed by atoms with Gasteiger partial charge < -0.3 is 14.2 Å². The highest BCUT2D eigenvalue weighted by Crippen LogP contribution is 2.38. The van der Waals surface area contributed by atoms with E-state index in [4.69, 9.17) is 19.2 Å². The van der Waals surface area contributed by atoms with Gasteiger partial charge in [0.15, 0.2) is 5.17 Å². The second-order valence-electron chi connectivity index (χ2n) is 6.16. The largest absolute Gasteiger partial charge is 0.497 e. The molecule has 0 radical (unpaired) electrons. The first-order valence-corrected chi connectivity index (χ1v) is 9.34. The molecule has 1 aromatic carbocycles. The molecule has 140 valence electrons. The monoisotopic (exact) mass is 378 g/mol. The van der Waals surface area contributed by atoms with E-state index in [2.05, 4.69) is 0 Å². The van der Waals surface area contributed by atoms with E-state index in [0.29, 0.717) is 5.17 Å². The molecule has 3 atom stereocenters. The van der Waals surface area contributed by atoms with Crippen molar-refractivity contribution in [3.63, 3.8) is 0 Å². The van der Waals surface area contributed by atoms with Gasteiger partial charge in [0.05, 0.1) is 24.9 Å². The van der Waals surface area contributed by atoms with Crippen molar-refractivity contribution in [2.45, 2.75) is 44.3 Å². The summed E-state index contributed by atoms with van der Waals surface area (Å²) in [7, 11) is 1.60. The maximum atomic E-state index is 12.2. The van der Waals surface area contributed by atoms with E-state index < -0.39 is 0 Å². The van der Waals surface area contributed by atoms with Crippen LogP contribution in [0.5, 0.6) is 5.75 Å². The van der Waals surface area contributed by atoms with Gasteiger partial charge in [-0.25, -0.2) is 0 Å². The molecule has 1 saturated heterocycles. The summed E-state index contributed by atoms with van der Waals surface area (Å²) in [6, 6.07) is 7.28. The van der Waals surface area contributed by atoms with Crippen LogP contribution in [0, 0.1) is 0 Å². The Hall–Kier alpha value is -2.06. The number of thioether (sulfide) groups is 1. The van der Waals surface area contributed by atoms with Gasteiger partial charge in [0.1, 0.15) is 17.8 Å². The number of nitrogens with zero attached hydrogens (tertiary/aromatic N) is 2. The molecule has 2 heterocycles. The lowest BCUT2D eigenvalue weighted by Gasteiger charge is -2.30. The van der Waals surface area contributed by atoms with Gasteiger partial charge in [-0.1, -0.05) is 11.8 Å². The standard InChI is InChI=1S/C18H22N2O5S/c1-11(21)20(13-4-6-14(23-3)7-5-13)18-19-16-9-8-15(10-24-12(2)22)25-17(16)26-18/h4-7,15-17H,8-10H2,1-3H3/t15-,16-,17-/m1/s1. The number of carbonyl (C=O) groups excluding carboxylic acids is 2. The number of amides is 1. The molecule has 0 aromatic heterocycles. The molecule has 3 rings (SSSR count). The Balaban J connectivity index is 1.70. The highest BCUT2D eigenvalue weighted by molar-refractivity contribution is 8.15. The van der Waals surface area contributed by atoms with Crippen LogP contribution in [0.2, 0.25) is 0 Å². The zero-order chi connectivity index (χ0) is 18.7. The summed E-state index contributed by atoms with van der Waals surface area (Å²) in [6.07, 6.45) is 1.48. The predicted octanol–water partition coefficient (Wildman–Crippen LogP) is 2.59. The molecule has 1 aromatic rings. The molecule has 0 saturated carbocycles. The molecule has 1 fully saturated rings. The summed E-state index contributed by atoms with van der Waals surface area (Å²) < 4.78 is 16.2. The smallest absolute Gasteiger partial charge is 0.302 e. The molecule has 2 aliphatic rings. The number of hydrogen-bond donors (Lipinski definition) is 0. The summed E-state index contributed by atoms with van der Waals surface area (Å²) in [5.74, 6) is 0.300. The minimum Gasteiger partial charge on any atom is -0.497 e. The van der Waals surface area contributed by atoms with Crippen molar-refractivity contribution >= 4 is 34.5 Å². The van der Waals surface area contributed by atoms with E-state index in [-0.39, 0.29) is 36.1 Å². The number of fused-ring (bicyclic) bond motifs is 1. The van der Waals surface area contributed by atoms with E-state index in [0.717, 1.165) is 24.3 Å². The first kappa shape index (κ1) is 18.7. The lowest BCUT2D eigenvalue weighted by molar-refractivity contribution is -0.147. The SMILES string of the molecule is COc1ccc(N(C(C)=O)C2=N[C@@H]3CC[C@H](COC(C)=O)O[C@@H]3S2)cc1. The van der Waals surface area contributed by atoms with Gasteiger partial charge in [-0.05, 0) is 37.1 Å². The Labute approximate surface area is 156 Å². The molecule has 0 bridgehead atoms. The molecule has 1 amide bonds. The second kappa shape index (κ2) is 8.09. The number of esters is 1. The number of hydrogen-bond acceptors (Lipinski definition) is 7. The highest BCUT2D eigenvalue weighted by atomic mass is 32.2. The highest BCUT2D eigenvalue weighted by Gasteiger charge is 2.40. The Morgan fingerprint density at radius 2 is 2.00 bits per heavy atom. The summed E-state index contributed by atoms with van der Waals surface area (Å²) in [4.78, 5) is 29.5. The number of anilines is 1. The van der Waals surface area contributed by atoms with E-state index in [1.165, 1.54) is 25.6 Å². The Kier molecular flexibility index (Phi) is 5.83. The van der Waals surface area contributed by atoms with Crippen molar-refractivity contribution in [3.8, 4) is 5.75 Å². The number of carbonyl (C=O) groups is 2. The van der Waals surface area contributed by atoms with Crippen LogP contribution in [-0.2, 0) is 19.1 Å². The molecule has 0 aliphatic carbocycles. The molecule has 8 heteroatoms. The average Bonchev–Trinajstić information content (AvgIpc) is 3.02. The lowest BCUT2D eigenvalue weighted by atomic mass is 10.1. The van der Waals surface area contributed by atoms with Gasteiger partial charge in [0.2, 0.25) is 5.91 Å². The fourth-order valence-corrected chi connectivity index (χ4v) is 4.26. The van der Waals surface area contributed by atoms with Crippen LogP contribution < -0.4 is 9.64 Å². The Morgan fingerprint density at radius 3 is 2.62 bits per heavy atom. The van der Waals surface area contributed by atoms with Gasteiger partial charge in [0.25, 0.3) is 0 Å². The predicted molar refractivity (Wildman–Crippen MR) is 99.5 cm³/mol. The van der Waals surface area contributed by atoms with Crippen LogP contribution in [0.15, 0.2) is 29.3 Å². The van der Waals surface area contributed by atoms with Crippen molar-refractivity contribution in [2.75, 3.05) is 18.6 Å². The van der Waals surface area contributed by atoms with Crippen molar-refractivity contribution < 1.29 is 23.8 Å². The van der Waals surface area contributed by atoms with Gasteiger partial charge in [-0.3, -0.25) is 19.5 Å². The summed E-state index contributed by atoms with van der Waals surface area (Å²) in [5.41, 5.74) is 0.569. The first-order chi connectivity index (χ1) is 12.5.